The van der Waals surface area contributed by atoms with Crippen LogP contribution in [0.5, 0.6) is 5.75 Å². The molecule has 4 nitrogen and oxygen atoms in total. The summed E-state index contributed by atoms with van der Waals surface area (Å²) in [5, 5.41) is 20.8. The van der Waals surface area contributed by atoms with E-state index in [1.165, 1.54) is 6.07 Å². The van der Waals surface area contributed by atoms with Crippen LogP contribution in [0.3, 0.4) is 0 Å². The predicted octanol–water partition coefficient (Wildman–Crippen LogP) is 3.28. The van der Waals surface area contributed by atoms with Gasteiger partial charge in [-0.3, -0.25) is 10.1 Å². The first-order valence-electron chi connectivity index (χ1n) is 3.65. The van der Waals surface area contributed by atoms with Crippen molar-refractivity contribution in [3.63, 3.8) is 0 Å². The summed E-state index contributed by atoms with van der Waals surface area (Å²) < 4.78 is 1.08. The molecule has 0 bridgehead atoms. The summed E-state index contributed by atoms with van der Waals surface area (Å²) in [6.07, 6.45) is 0. The standard InChI is InChI=1S/C8H4BrNO3S/c9-5-2-1-4-3-6(10(12)13)14-8(4)7(5)11/h1-3,11H. The molecule has 0 fully saturated rings. The molecule has 0 aliphatic rings. The van der Waals surface area contributed by atoms with Gasteiger partial charge in [-0.05, 0) is 22.0 Å². The highest BCUT2D eigenvalue weighted by atomic mass is 79.9. The Labute approximate surface area is 91.1 Å². The number of hydrogen-bond donors (Lipinski definition) is 1. The van der Waals surface area contributed by atoms with E-state index in [9.17, 15) is 15.2 Å². The van der Waals surface area contributed by atoms with Gasteiger partial charge in [0.25, 0.3) is 0 Å². The van der Waals surface area contributed by atoms with E-state index in [0.717, 1.165) is 11.3 Å². The lowest BCUT2D eigenvalue weighted by Crippen LogP contribution is -1.80. The molecule has 0 amide bonds. The number of benzene rings is 1. The summed E-state index contributed by atoms with van der Waals surface area (Å²) in [5.41, 5.74) is 0. The Morgan fingerprint density at radius 2 is 2.21 bits per heavy atom. The van der Waals surface area contributed by atoms with E-state index in [-0.39, 0.29) is 10.8 Å². The van der Waals surface area contributed by atoms with Crippen molar-refractivity contribution in [3.05, 3.63) is 32.8 Å². The highest BCUT2D eigenvalue weighted by Crippen LogP contribution is 2.40. The van der Waals surface area contributed by atoms with E-state index in [0.29, 0.717) is 14.6 Å². The summed E-state index contributed by atoms with van der Waals surface area (Å²) in [5.74, 6) is 0.0561. The average Bonchev–Trinajstić information content (AvgIpc) is 2.56. The van der Waals surface area contributed by atoms with E-state index >= 15 is 0 Å². The number of fused-ring (bicyclic) bond motifs is 1. The van der Waals surface area contributed by atoms with Crippen molar-refractivity contribution in [1.29, 1.82) is 0 Å². The topological polar surface area (TPSA) is 63.4 Å². The van der Waals surface area contributed by atoms with Gasteiger partial charge in [-0.25, -0.2) is 0 Å². The fourth-order valence-electron chi connectivity index (χ4n) is 1.14. The number of aromatic hydroxyl groups is 1. The Morgan fingerprint density at radius 1 is 1.50 bits per heavy atom. The molecule has 2 rings (SSSR count). The largest absolute Gasteiger partial charge is 0.505 e. The van der Waals surface area contributed by atoms with Crippen LogP contribution in [0, 0.1) is 10.1 Å². The Bertz CT molecular complexity index is 523. The molecule has 6 heteroatoms. The van der Waals surface area contributed by atoms with Gasteiger partial charge in [0.05, 0.1) is 14.1 Å². The third-order valence-electron chi connectivity index (χ3n) is 1.78. The molecule has 0 radical (unpaired) electrons. The van der Waals surface area contributed by atoms with E-state index in [4.69, 9.17) is 0 Å². The van der Waals surface area contributed by atoms with Crippen LogP contribution in [-0.4, -0.2) is 10.0 Å². The number of halogens is 1. The minimum Gasteiger partial charge on any atom is -0.505 e. The van der Waals surface area contributed by atoms with Crippen molar-refractivity contribution in [2.45, 2.75) is 0 Å². The number of phenols is 1. The van der Waals surface area contributed by atoms with Gasteiger partial charge in [-0.2, -0.15) is 0 Å². The summed E-state index contributed by atoms with van der Waals surface area (Å²) >= 11 is 4.12. The minimum atomic E-state index is -0.460. The van der Waals surface area contributed by atoms with Gasteiger partial charge in [0.15, 0.2) is 0 Å². The zero-order valence-corrected chi connectivity index (χ0v) is 9.13. The Kier molecular flexibility index (Phi) is 2.16. The number of nitro groups is 1. The number of phenolic OH excluding ortho intramolecular Hbond substituents is 1. The molecule has 14 heavy (non-hydrogen) atoms. The van der Waals surface area contributed by atoms with E-state index in [1.807, 2.05) is 0 Å². The van der Waals surface area contributed by atoms with E-state index in [1.54, 1.807) is 12.1 Å². The molecule has 1 N–H and O–H groups in total. The summed E-state index contributed by atoms with van der Waals surface area (Å²) in [6.45, 7) is 0. The predicted molar refractivity (Wildman–Crippen MR) is 57.8 cm³/mol. The first kappa shape index (κ1) is 9.42. The second kappa shape index (κ2) is 3.21. The van der Waals surface area contributed by atoms with Crippen LogP contribution < -0.4 is 0 Å². The number of hydrogen-bond acceptors (Lipinski definition) is 4. The zero-order valence-electron chi connectivity index (χ0n) is 6.73. The first-order chi connectivity index (χ1) is 6.59. The van der Waals surface area contributed by atoms with Crippen LogP contribution in [0.1, 0.15) is 0 Å². The molecular weight excluding hydrogens is 270 g/mol. The maximum absolute atomic E-state index is 10.5. The fourth-order valence-corrected chi connectivity index (χ4v) is 2.52. The van der Waals surface area contributed by atoms with Gasteiger partial charge < -0.3 is 5.11 Å². The molecule has 72 valence electrons. The molecule has 1 heterocycles. The Morgan fingerprint density at radius 3 is 2.86 bits per heavy atom. The quantitative estimate of drug-likeness (QED) is 0.641. The fraction of sp³-hybridized carbons (Fsp3) is 0. The number of nitrogens with zero attached hydrogens (tertiary/aromatic N) is 1. The molecule has 0 saturated carbocycles. The summed E-state index contributed by atoms with van der Waals surface area (Å²) in [4.78, 5) is 10.0. The van der Waals surface area contributed by atoms with Gasteiger partial charge in [-0.1, -0.05) is 17.4 Å². The van der Waals surface area contributed by atoms with Gasteiger partial charge >= 0.3 is 5.00 Å². The van der Waals surface area contributed by atoms with E-state index < -0.39 is 4.92 Å². The SMILES string of the molecule is O=[N+]([O-])c1cc2ccc(Br)c(O)c2s1. The second-order valence-electron chi connectivity index (χ2n) is 2.66. The third-order valence-corrected chi connectivity index (χ3v) is 3.53. The van der Waals surface area contributed by atoms with Gasteiger partial charge in [0.2, 0.25) is 0 Å². The van der Waals surface area contributed by atoms with E-state index in [2.05, 4.69) is 15.9 Å². The Hall–Kier alpha value is -1.14. The first-order valence-corrected chi connectivity index (χ1v) is 5.26. The summed E-state index contributed by atoms with van der Waals surface area (Å²) in [7, 11) is 0. The minimum absolute atomic E-state index is 0.0356. The van der Waals surface area contributed by atoms with Gasteiger partial charge in [-0.15, -0.1) is 0 Å². The maximum atomic E-state index is 10.5. The molecule has 0 aliphatic heterocycles. The van der Waals surface area contributed by atoms with Gasteiger partial charge in [0, 0.05) is 11.5 Å². The van der Waals surface area contributed by atoms with Crippen LogP contribution in [0.25, 0.3) is 10.1 Å². The smallest absolute Gasteiger partial charge is 0.325 e. The van der Waals surface area contributed by atoms with Gasteiger partial charge in [0.1, 0.15) is 5.75 Å². The van der Waals surface area contributed by atoms with Crippen molar-refractivity contribution >= 4 is 42.4 Å². The van der Waals surface area contributed by atoms with Crippen molar-refractivity contribution in [1.82, 2.24) is 0 Å². The zero-order chi connectivity index (χ0) is 10.3. The van der Waals surface area contributed by atoms with Crippen molar-refractivity contribution in [3.8, 4) is 5.75 Å². The molecule has 1 aromatic carbocycles. The number of thiophene rings is 1. The molecule has 0 unspecified atom stereocenters. The molecular formula is C8H4BrNO3S. The van der Waals surface area contributed by atoms with Crippen LogP contribution >= 0.6 is 27.3 Å². The molecule has 0 saturated heterocycles. The molecule has 0 atom stereocenters. The van der Waals surface area contributed by atoms with Crippen LogP contribution in [0.4, 0.5) is 5.00 Å². The molecule has 2 aromatic rings. The monoisotopic (exact) mass is 273 g/mol. The molecule has 0 spiro atoms. The second-order valence-corrected chi connectivity index (χ2v) is 4.54. The van der Waals surface area contributed by atoms with Crippen LogP contribution in [-0.2, 0) is 0 Å². The third kappa shape index (κ3) is 1.36. The van der Waals surface area contributed by atoms with Crippen LogP contribution in [0.15, 0.2) is 22.7 Å². The normalized spacial score (nSPS) is 10.6. The highest BCUT2D eigenvalue weighted by molar-refractivity contribution is 9.10. The van der Waals surface area contributed by atoms with Crippen molar-refractivity contribution in [2.24, 2.45) is 0 Å². The molecule has 0 aliphatic carbocycles. The lowest BCUT2D eigenvalue weighted by molar-refractivity contribution is -0.380. The lowest BCUT2D eigenvalue weighted by Gasteiger charge is -1.95. The van der Waals surface area contributed by atoms with Crippen molar-refractivity contribution < 1.29 is 10.0 Å². The average molecular weight is 274 g/mol. The molecule has 1 aromatic heterocycles. The Balaban J connectivity index is 2.77. The lowest BCUT2D eigenvalue weighted by atomic mass is 10.2. The highest BCUT2D eigenvalue weighted by Gasteiger charge is 2.14. The van der Waals surface area contributed by atoms with Crippen LogP contribution in [0.2, 0.25) is 0 Å². The maximum Gasteiger partial charge on any atom is 0.325 e. The van der Waals surface area contributed by atoms with Crippen molar-refractivity contribution in [2.75, 3.05) is 0 Å². The summed E-state index contributed by atoms with van der Waals surface area (Å²) in [6, 6.07) is 4.84. The number of rotatable bonds is 1.